The summed E-state index contributed by atoms with van der Waals surface area (Å²) >= 11 is 0. The minimum absolute atomic E-state index is 0.125. The van der Waals surface area contributed by atoms with Crippen LogP contribution in [0.25, 0.3) is 11.0 Å². The van der Waals surface area contributed by atoms with Crippen LogP contribution < -0.4 is 10.2 Å². The third-order valence-electron chi connectivity index (χ3n) is 7.77. The highest BCUT2D eigenvalue weighted by Gasteiger charge is 2.28. The third-order valence-corrected chi connectivity index (χ3v) is 7.77. The first-order chi connectivity index (χ1) is 17.5. The van der Waals surface area contributed by atoms with Gasteiger partial charge in [-0.15, -0.1) is 0 Å². The molecule has 9 heteroatoms. The molecule has 190 valence electrons. The van der Waals surface area contributed by atoms with E-state index in [4.69, 9.17) is 4.98 Å². The summed E-state index contributed by atoms with van der Waals surface area (Å²) in [5.74, 6) is 0.354. The van der Waals surface area contributed by atoms with Gasteiger partial charge < -0.3 is 14.6 Å². The van der Waals surface area contributed by atoms with E-state index in [0.717, 1.165) is 55.4 Å². The molecule has 0 atom stereocenters. The lowest BCUT2D eigenvalue weighted by Crippen LogP contribution is -2.29. The Balaban J connectivity index is 1.54. The van der Waals surface area contributed by atoms with Crippen LogP contribution in [0.3, 0.4) is 0 Å². The molecule has 1 aromatic heterocycles. The molecule has 3 aromatic rings. The molecule has 2 N–H and O–H groups in total. The number of imidazole rings is 1. The zero-order valence-corrected chi connectivity index (χ0v) is 20.7. The normalized spacial score (nSPS) is 20.4. The maximum absolute atomic E-state index is 13.2. The second-order valence-electron chi connectivity index (χ2n) is 10.0. The summed E-state index contributed by atoms with van der Waals surface area (Å²) in [7, 11) is 0. The number of non-ortho nitro benzene ring substituents is 1. The highest BCUT2D eigenvalue weighted by molar-refractivity contribution is 6.04. The van der Waals surface area contributed by atoms with Crippen molar-refractivity contribution in [2.24, 2.45) is 5.92 Å². The molecule has 0 spiro atoms. The summed E-state index contributed by atoms with van der Waals surface area (Å²) in [6.07, 6.45) is 7.26. The molecule has 1 aliphatic carbocycles. The number of piperidine rings is 1. The number of aryl methyl sites for hydroxylation is 1. The molecule has 2 heterocycles. The number of nitrogens with zero attached hydrogens (tertiary/aromatic N) is 4. The Labute approximate surface area is 210 Å². The molecule has 0 radical (unpaired) electrons. The Kier molecular flexibility index (Phi) is 6.91. The molecule has 1 amide bonds. The van der Waals surface area contributed by atoms with E-state index in [1.54, 1.807) is 6.07 Å². The molecule has 0 bridgehead atoms. The summed E-state index contributed by atoms with van der Waals surface area (Å²) in [6.45, 7) is 4.37. The standard InChI is InChI=1S/C27H33N5O4/c1-18-23(30-14-3-2-4-15-30)12-13-24-25(18)28-27(31(24)21-10-8-19(17-33)9-11-21)29-26(34)20-6-5-7-22(16-20)32(35)36/h5-7,12-13,16,19,21,33H,2-4,8-11,14-15,17H2,1H3,(H,28,29,34)/t19-,21+. The number of hydrogen-bond acceptors (Lipinski definition) is 6. The van der Waals surface area contributed by atoms with E-state index in [0.29, 0.717) is 11.9 Å². The largest absolute Gasteiger partial charge is 0.396 e. The quantitative estimate of drug-likeness (QED) is 0.361. The van der Waals surface area contributed by atoms with Gasteiger partial charge in [0.15, 0.2) is 0 Å². The van der Waals surface area contributed by atoms with Crippen LogP contribution in [-0.4, -0.2) is 45.2 Å². The second kappa shape index (κ2) is 10.3. The number of carbonyl (C=O) groups excluding carboxylic acids is 1. The van der Waals surface area contributed by atoms with Crippen molar-refractivity contribution >= 4 is 34.3 Å². The van der Waals surface area contributed by atoms with Crippen LogP contribution in [0.2, 0.25) is 0 Å². The second-order valence-corrected chi connectivity index (χ2v) is 10.0. The van der Waals surface area contributed by atoms with Gasteiger partial charge in [-0.25, -0.2) is 4.98 Å². The number of nitrogens with one attached hydrogen (secondary N) is 1. The van der Waals surface area contributed by atoms with Gasteiger partial charge in [0.25, 0.3) is 11.6 Å². The Bertz CT molecular complexity index is 1270. The highest BCUT2D eigenvalue weighted by Crippen LogP contribution is 2.39. The van der Waals surface area contributed by atoms with Gasteiger partial charge in [-0.05, 0) is 76.0 Å². The number of nitro benzene ring substituents is 1. The lowest BCUT2D eigenvalue weighted by atomic mass is 9.86. The monoisotopic (exact) mass is 491 g/mol. The predicted octanol–water partition coefficient (Wildman–Crippen LogP) is 5.22. The van der Waals surface area contributed by atoms with Crippen LogP contribution in [0.1, 0.15) is 66.9 Å². The van der Waals surface area contributed by atoms with Crippen molar-refractivity contribution in [3.05, 3.63) is 57.6 Å². The number of nitro groups is 1. The first-order valence-electron chi connectivity index (χ1n) is 12.9. The molecule has 1 saturated carbocycles. The number of hydrogen-bond donors (Lipinski definition) is 2. The van der Waals surface area contributed by atoms with Gasteiger partial charge in [-0.3, -0.25) is 20.2 Å². The number of anilines is 2. The van der Waals surface area contributed by atoms with Crippen LogP contribution >= 0.6 is 0 Å². The highest BCUT2D eigenvalue weighted by atomic mass is 16.6. The van der Waals surface area contributed by atoms with Crippen LogP contribution in [0.5, 0.6) is 0 Å². The van der Waals surface area contributed by atoms with Crippen molar-refractivity contribution in [2.75, 3.05) is 29.9 Å². The third kappa shape index (κ3) is 4.67. The van der Waals surface area contributed by atoms with E-state index in [2.05, 4.69) is 33.8 Å². The lowest BCUT2D eigenvalue weighted by molar-refractivity contribution is -0.384. The number of aliphatic hydroxyl groups excluding tert-OH is 1. The molecule has 0 unspecified atom stereocenters. The Morgan fingerprint density at radius 3 is 2.58 bits per heavy atom. The van der Waals surface area contributed by atoms with Crippen molar-refractivity contribution in [1.82, 2.24) is 9.55 Å². The van der Waals surface area contributed by atoms with E-state index in [1.807, 2.05) is 0 Å². The van der Waals surface area contributed by atoms with Crippen molar-refractivity contribution in [2.45, 2.75) is 57.9 Å². The molecule has 2 fully saturated rings. The summed E-state index contributed by atoms with van der Waals surface area (Å²) in [5.41, 5.74) is 4.24. The van der Waals surface area contributed by atoms with Crippen molar-refractivity contribution in [3.63, 3.8) is 0 Å². The van der Waals surface area contributed by atoms with Gasteiger partial charge >= 0.3 is 0 Å². The van der Waals surface area contributed by atoms with Crippen molar-refractivity contribution in [1.29, 1.82) is 0 Å². The van der Waals surface area contributed by atoms with Crippen LogP contribution in [-0.2, 0) is 0 Å². The first kappa shape index (κ1) is 24.2. The SMILES string of the molecule is Cc1c(N2CCCCC2)ccc2c1nc(NC(=O)c1cccc([N+](=O)[O-])c1)n2[C@H]1CC[C@@H](CO)CC1. The molecular formula is C27H33N5O4. The Morgan fingerprint density at radius 2 is 1.89 bits per heavy atom. The maximum Gasteiger partial charge on any atom is 0.270 e. The summed E-state index contributed by atoms with van der Waals surface area (Å²) in [6, 6.07) is 10.2. The van der Waals surface area contributed by atoms with Gasteiger partial charge in [0.05, 0.1) is 16.0 Å². The summed E-state index contributed by atoms with van der Waals surface area (Å²) in [4.78, 5) is 31.2. The summed E-state index contributed by atoms with van der Waals surface area (Å²) in [5, 5.41) is 23.8. The van der Waals surface area contributed by atoms with Crippen LogP contribution in [0.4, 0.5) is 17.3 Å². The predicted molar refractivity (Wildman–Crippen MR) is 140 cm³/mol. The van der Waals surface area contributed by atoms with Gasteiger partial charge in [0, 0.05) is 54.7 Å². The number of benzene rings is 2. The van der Waals surface area contributed by atoms with E-state index in [1.165, 1.54) is 43.1 Å². The Morgan fingerprint density at radius 1 is 1.14 bits per heavy atom. The first-order valence-corrected chi connectivity index (χ1v) is 12.9. The molecule has 1 aliphatic heterocycles. The number of fused-ring (bicyclic) bond motifs is 1. The fourth-order valence-electron chi connectivity index (χ4n) is 5.74. The fourth-order valence-corrected chi connectivity index (χ4v) is 5.74. The number of amides is 1. The molecule has 36 heavy (non-hydrogen) atoms. The van der Waals surface area contributed by atoms with E-state index >= 15 is 0 Å². The zero-order chi connectivity index (χ0) is 25.2. The molecule has 1 saturated heterocycles. The smallest absolute Gasteiger partial charge is 0.270 e. The lowest BCUT2D eigenvalue weighted by Gasteiger charge is -2.31. The number of aromatic nitrogens is 2. The van der Waals surface area contributed by atoms with Crippen molar-refractivity contribution in [3.8, 4) is 0 Å². The van der Waals surface area contributed by atoms with Crippen molar-refractivity contribution < 1.29 is 14.8 Å². The van der Waals surface area contributed by atoms with Gasteiger partial charge in [0.2, 0.25) is 5.95 Å². The zero-order valence-electron chi connectivity index (χ0n) is 20.7. The van der Waals surface area contributed by atoms with Crippen LogP contribution in [0, 0.1) is 23.0 Å². The van der Waals surface area contributed by atoms with Crippen LogP contribution in [0.15, 0.2) is 36.4 Å². The number of carbonyl (C=O) groups is 1. The maximum atomic E-state index is 13.2. The molecular weight excluding hydrogens is 458 g/mol. The molecule has 2 aliphatic rings. The average molecular weight is 492 g/mol. The topological polar surface area (TPSA) is 114 Å². The molecule has 2 aromatic carbocycles. The molecule has 5 rings (SSSR count). The minimum atomic E-state index is -0.503. The van der Waals surface area contributed by atoms with E-state index in [9.17, 15) is 20.0 Å². The number of rotatable bonds is 6. The Hall–Kier alpha value is -3.46. The van der Waals surface area contributed by atoms with E-state index in [-0.39, 0.29) is 23.9 Å². The van der Waals surface area contributed by atoms with Gasteiger partial charge in [0.1, 0.15) is 0 Å². The van der Waals surface area contributed by atoms with E-state index < -0.39 is 10.8 Å². The number of aliphatic hydroxyl groups is 1. The summed E-state index contributed by atoms with van der Waals surface area (Å²) < 4.78 is 2.13. The fraction of sp³-hybridized carbons (Fsp3) is 0.481. The molecule has 9 nitrogen and oxygen atoms in total. The average Bonchev–Trinajstić information content (AvgIpc) is 3.28. The van der Waals surface area contributed by atoms with Gasteiger partial charge in [-0.2, -0.15) is 0 Å². The van der Waals surface area contributed by atoms with Gasteiger partial charge in [-0.1, -0.05) is 6.07 Å². The minimum Gasteiger partial charge on any atom is -0.396 e.